The van der Waals surface area contributed by atoms with Gasteiger partial charge >= 0.3 is 0 Å². The number of aromatic nitrogens is 2. The number of rotatable bonds is 7. The van der Waals surface area contributed by atoms with Crippen LogP contribution in [0.3, 0.4) is 0 Å². The van der Waals surface area contributed by atoms with Crippen LogP contribution < -0.4 is 16.4 Å². The highest BCUT2D eigenvalue weighted by molar-refractivity contribution is 5.87. The third-order valence-corrected chi connectivity index (χ3v) is 3.04. The lowest BCUT2D eigenvalue weighted by Crippen LogP contribution is -2.47. The van der Waals surface area contributed by atoms with Crippen LogP contribution in [0.15, 0.2) is 12.4 Å². The molecule has 7 nitrogen and oxygen atoms in total. The van der Waals surface area contributed by atoms with Crippen LogP contribution >= 0.6 is 24.8 Å². The van der Waals surface area contributed by atoms with Crippen molar-refractivity contribution in [1.82, 2.24) is 20.2 Å². The van der Waals surface area contributed by atoms with Gasteiger partial charge < -0.3 is 20.9 Å². The van der Waals surface area contributed by atoms with Gasteiger partial charge in [0.15, 0.2) is 0 Å². The van der Waals surface area contributed by atoms with E-state index in [4.69, 9.17) is 5.73 Å². The van der Waals surface area contributed by atoms with Crippen LogP contribution in [-0.4, -0.2) is 40.5 Å². The Morgan fingerprint density at radius 1 is 1.32 bits per heavy atom. The molecule has 1 aromatic heterocycles. The lowest BCUT2D eigenvalue weighted by molar-refractivity contribution is -0.127. The van der Waals surface area contributed by atoms with E-state index in [2.05, 4.69) is 15.6 Å². The molecular weight excluding hydrogens is 329 g/mol. The summed E-state index contributed by atoms with van der Waals surface area (Å²) in [5.41, 5.74) is 5.67. The molecule has 1 rings (SSSR count). The van der Waals surface area contributed by atoms with Gasteiger partial charge in [-0.3, -0.25) is 9.59 Å². The van der Waals surface area contributed by atoms with E-state index >= 15 is 0 Å². The number of aryl methyl sites for hydroxylation is 1. The quantitative estimate of drug-likeness (QED) is 0.653. The highest BCUT2D eigenvalue weighted by Gasteiger charge is 2.17. The number of nitrogens with one attached hydrogen (secondary N) is 2. The van der Waals surface area contributed by atoms with Gasteiger partial charge in [-0.05, 0) is 12.8 Å². The molecule has 1 aromatic rings. The molecule has 4 N–H and O–H groups in total. The first-order valence-electron chi connectivity index (χ1n) is 6.69. The van der Waals surface area contributed by atoms with Crippen molar-refractivity contribution in [2.45, 2.75) is 33.4 Å². The Hall–Kier alpha value is -1.31. The SMILES string of the molecule is Cc1nccn1CCNC(=O)CNC(=O)[C@@H](N)C(C)C.Cl.Cl. The van der Waals surface area contributed by atoms with Crippen molar-refractivity contribution in [1.29, 1.82) is 0 Å². The zero-order chi connectivity index (χ0) is 15.1. The Labute approximate surface area is 143 Å². The Balaban J connectivity index is 0. The molecule has 0 unspecified atom stereocenters. The van der Waals surface area contributed by atoms with Crippen LogP contribution in [0.2, 0.25) is 0 Å². The van der Waals surface area contributed by atoms with E-state index in [1.807, 2.05) is 31.5 Å². The first-order chi connectivity index (χ1) is 9.41. The fourth-order valence-corrected chi connectivity index (χ4v) is 1.61. The summed E-state index contributed by atoms with van der Waals surface area (Å²) in [6.45, 7) is 6.70. The number of nitrogens with zero attached hydrogens (tertiary/aromatic N) is 2. The molecule has 2 amide bonds. The lowest BCUT2D eigenvalue weighted by Gasteiger charge is -2.15. The molecule has 0 aliphatic rings. The Kier molecular flexibility index (Phi) is 11.8. The second-order valence-corrected chi connectivity index (χ2v) is 5.01. The van der Waals surface area contributed by atoms with Gasteiger partial charge in [0.2, 0.25) is 11.8 Å². The van der Waals surface area contributed by atoms with E-state index in [0.717, 1.165) is 5.82 Å². The highest BCUT2D eigenvalue weighted by Crippen LogP contribution is 1.97. The molecule has 9 heteroatoms. The monoisotopic (exact) mass is 353 g/mol. The molecule has 0 fully saturated rings. The lowest BCUT2D eigenvalue weighted by atomic mass is 10.1. The highest BCUT2D eigenvalue weighted by atomic mass is 35.5. The minimum atomic E-state index is -0.587. The van der Waals surface area contributed by atoms with E-state index in [-0.39, 0.29) is 49.1 Å². The van der Waals surface area contributed by atoms with Crippen LogP contribution in [0.5, 0.6) is 0 Å². The Morgan fingerprint density at radius 2 is 1.95 bits per heavy atom. The molecule has 0 spiro atoms. The topological polar surface area (TPSA) is 102 Å². The predicted molar refractivity (Wildman–Crippen MR) is 90.3 cm³/mol. The minimum Gasteiger partial charge on any atom is -0.353 e. The molecule has 0 saturated heterocycles. The van der Waals surface area contributed by atoms with Gasteiger partial charge in [0.1, 0.15) is 5.82 Å². The van der Waals surface area contributed by atoms with Crippen molar-refractivity contribution in [3.63, 3.8) is 0 Å². The van der Waals surface area contributed by atoms with Crippen molar-refractivity contribution >= 4 is 36.6 Å². The number of amides is 2. The zero-order valence-electron chi connectivity index (χ0n) is 13.0. The van der Waals surface area contributed by atoms with Gasteiger partial charge in [0.05, 0.1) is 12.6 Å². The molecule has 0 aliphatic heterocycles. The summed E-state index contributed by atoms with van der Waals surface area (Å²) in [5.74, 6) is 0.408. The summed E-state index contributed by atoms with van der Waals surface area (Å²) in [5, 5.41) is 5.25. The third kappa shape index (κ3) is 7.63. The second-order valence-electron chi connectivity index (χ2n) is 5.01. The van der Waals surface area contributed by atoms with E-state index in [1.54, 1.807) is 6.20 Å². The largest absolute Gasteiger partial charge is 0.353 e. The molecule has 0 saturated carbocycles. The summed E-state index contributed by atoms with van der Waals surface area (Å²) in [7, 11) is 0. The number of nitrogens with two attached hydrogens (primary N) is 1. The van der Waals surface area contributed by atoms with Gasteiger partial charge in [-0.25, -0.2) is 4.98 Å². The first kappa shape index (κ1) is 23.0. The standard InChI is InChI=1S/C13H23N5O2.2ClH/c1-9(2)12(14)13(20)17-8-11(19)16-5-7-18-6-4-15-10(18)3;;/h4,6,9,12H,5,7-8,14H2,1-3H3,(H,16,19)(H,17,20);2*1H/t12-;;/m0../s1. The number of hydrogen-bond acceptors (Lipinski definition) is 4. The van der Waals surface area contributed by atoms with Crippen molar-refractivity contribution in [2.75, 3.05) is 13.1 Å². The number of carbonyl (C=O) groups is 2. The van der Waals surface area contributed by atoms with E-state index in [9.17, 15) is 9.59 Å². The molecule has 0 bridgehead atoms. The zero-order valence-corrected chi connectivity index (χ0v) is 14.7. The summed E-state index contributed by atoms with van der Waals surface area (Å²) >= 11 is 0. The summed E-state index contributed by atoms with van der Waals surface area (Å²) < 4.78 is 1.94. The minimum absolute atomic E-state index is 0. The van der Waals surface area contributed by atoms with Gasteiger partial charge in [-0.1, -0.05) is 13.8 Å². The smallest absolute Gasteiger partial charge is 0.239 e. The number of carbonyl (C=O) groups excluding carboxylic acids is 2. The maximum absolute atomic E-state index is 11.6. The van der Waals surface area contributed by atoms with E-state index < -0.39 is 6.04 Å². The van der Waals surface area contributed by atoms with Crippen LogP contribution in [0.1, 0.15) is 19.7 Å². The Bertz CT molecular complexity index is 465. The number of hydrogen-bond donors (Lipinski definition) is 3. The maximum atomic E-state index is 11.6. The summed E-state index contributed by atoms with van der Waals surface area (Å²) in [4.78, 5) is 27.2. The molecule has 0 aromatic carbocycles. The molecule has 1 heterocycles. The fraction of sp³-hybridized carbons (Fsp3) is 0.615. The average Bonchev–Trinajstić information content (AvgIpc) is 2.80. The van der Waals surface area contributed by atoms with E-state index in [1.165, 1.54) is 0 Å². The normalized spacial score (nSPS) is 11.1. The van der Waals surface area contributed by atoms with Gasteiger partial charge in [-0.2, -0.15) is 0 Å². The molecule has 0 radical (unpaired) electrons. The Morgan fingerprint density at radius 3 is 2.45 bits per heavy atom. The summed E-state index contributed by atoms with van der Waals surface area (Å²) in [6.07, 6.45) is 3.57. The van der Waals surface area contributed by atoms with Crippen LogP contribution in [0, 0.1) is 12.8 Å². The van der Waals surface area contributed by atoms with Crippen molar-refractivity contribution in [2.24, 2.45) is 11.7 Å². The molecule has 0 aliphatic carbocycles. The van der Waals surface area contributed by atoms with Gasteiger partial charge in [-0.15, -0.1) is 24.8 Å². The summed E-state index contributed by atoms with van der Waals surface area (Å²) in [6, 6.07) is -0.587. The molecule has 22 heavy (non-hydrogen) atoms. The second kappa shape index (κ2) is 11.3. The number of halogens is 2. The van der Waals surface area contributed by atoms with E-state index in [0.29, 0.717) is 13.1 Å². The van der Waals surface area contributed by atoms with Gasteiger partial charge in [0.25, 0.3) is 0 Å². The van der Waals surface area contributed by atoms with Crippen LogP contribution in [-0.2, 0) is 16.1 Å². The van der Waals surface area contributed by atoms with Crippen molar-refractivity contribution in [3.05, 3.63) is 18.2 Å². The van der Waals surface area contributed by atoms with Crippen molar-refractivity contribution in [3.8, 4) is 0 Å². The van der Waals surface area contributed by atoms with Crippen LogP contribution in [0.25, 0.3) is 0 Å². The van der Waals surface area contributed by atoms with Gasteiger partial charge in [0, 0.05) is 25.5 Å². The third-order valence-electron chi connectivity index (χ3n) is 3.04. The first-order valence-corrected chi connectivity index (χ1v) is 6.69. The maximum Gasteiger partial charge on any atom is 0.239 e. The molecule has 128 valence electrons. The number of imidazole rings is 1. The van der Waals surface area contributed by atoms with Crippen LogP contribution in [0.4, 0.5) is 0 Å². The molecule has 1 atom stereocenters. The fourth-order valence-electron chi connectivity index (χ4n) is 1.61. The van der Waals surface area contributed by atoms with Crippen molar-refractivity contribution < 1.29 is 9.59 Å². The predicted octanol–water partition coefficient (Wildman–Crippen LogP) is 0.251. The molecular formula is C13H25Cl2N5O2. The average molecular weight is 354 g/mol.